The molecule has 6 aromatic carbocycles. The summed E-state index contributed by atoms with van der Waals surface area (Å²) in [6.07, 6.45) is -10.2. The van der Waals surface area contributed by atoms with Gasteiger partial charge in [0.1, 0.15) is 0 Å². The lowest BCUT2D eigenvalue weighted by Gasteiger charge is -2.22. The monoisotopic (exact) mass is 757 g/mol. The molecule has 0 N–H and O–H groups in total. The van der Waals surface area contributed by atoms with Crippen molar-refractivity contribution >= 4 is 43.6 Å². The number of hydrogen-bond donors (Lipinski definition) is 0. The van der Waals surface area contributed by atoms with Crippen molar-refractivity contribution in [2.45, 2.75) is 64.7 Å². The van der Waals surface area contributed by atoms with E-state index in [-0.39, 0.29) is 28.0 Å². The van der Waals surface area contributed by atoms with E-state index in [0.29, 0.717) is 17.4 Å². The minimum Gasteiger partial charge on any atom is -0.307 e. The zero-order chi connectivity index (χ0) is 40.1. The number of hydrogen-bond acceptors (Lipinski definition) is 1. The van der Waals surface area contributed by atoms with Crippen LogP contribution in [-0.2, 0) is 23.2 Å². The van der Waals surface area contributed by atoms with E-state index in [4.69, 9.17) is 0 Å². The SMILES string of the molecule is CC(C)(C)c1ccc2c(c1)c1ccccc1n2-c1cc(C#N)c(-c2ccc(C(F)(F)F)cc2C(F)(F)F)cc1-n1c2ccccc2c2cc(C(C)(C)C)ccc21. The van der Waals surface area contributed by atoms with Gasteiger partial charge in [-0.1, -0.05) is 96.1 Å². The molecule has 0 radical (unpaired) electrons. The molecule has 0 aliphatic rings. The first-order valence-corrected chi connectivity index (χ1v) is 18.2. The Hall–Kier alpha value is -6.01. The van der Waals surface area contributed by atoms with Gasteiger partial charge in [-0.2, -0.15) is 31.6 Å². The molecule has 2 heterocycles. The number of nitriles is 1. The Bertz CT molecular complexity index is 2920. The van der Waals surface area contributed by atoms with E-state index < -0.39 is 29.0 Å². The highest BCUT2D eigenvalue weighted by Crippen LogP contribution is 2.46. The second-order valence-electron chi connectivity index (χ2n) is 16.4. The van der Waals surface area contributed by atoms with Gasteiger partial charge in [0.2, 0.25) is 0 Å². The number of halogens is 6. The number of rotatable bonds is 3. The summed E-state index contributed by atoms with van der Waals surface area (Å²) in [4.78, 5) is 0. The largest absolute Gasteiger partial charge is 0.417 e. The highest BCUT2D eigenvalue weighted by Gasteiger charge is 2.39. The minimum atomic E-state index is -5.16. The maximum atomic E-state index is 14.8. The Kier molecular flexibility index (Phi) is 8.25. The van der Waals surface area contributed by atoms with Crippen molar-refractivity contribution in [3.05, 3.63) is 143 Å². The smallest absolute Gasteiger partial charge is 0.307 e. The summed E-state index contributed by atoms with van der Waals surface area (Å²) in [6, 6.07) is 34.8. The van der Waals surface area contributed by atoms with Crippen LogP contribution in [0.2, 0.25) is 0 Å². The quantitative estimate of drug-likeness (QED) is 0.165. The molecule has 2 aromatic heterocycles. The summed E-state index contributed by atoms with van der Waals surface area (Å²) in [5.41, 5.74) is 2.29. The van der Waals surface area contributed by atoms with Gasteiger partial charge in [-0.3, -0.25) is 0 Å². The molecular formula is C47H37F6N3. The zero-order valence-corrected chi connectivity index (χ0v) is 31.6. The highest BCUT2D eigenvalue weighted by atomic mass is 19.4. The van der Waals surface area contributed by atoms with Crippen molar-refractivity contribution in [1.29, 1.82) is 5.26 Å². The second-order valence-corrected chi connectivity index (χ2v) is 16.4. The van der Waals surface area contributed by atoms with Crippen LogP contribution in [0.15, 0.2) is 115 Å². The van der Waals surface area contributed by atoms with Crippen LogP contribution in [0.5, 0.6) is 0 Å². The first-order valence-electron chi connectivity index (χ1n) is 18.2. The van der Waals surface area contributed by atoms with Crippen molar-refractivity contribution in [2.24, 2.45) is 0 Å². The number of para-hydroxylation sites is 2. The maximum absolute atomic E-state index is 14.8. The normalized spacial score (nSPS) is 13.0. The Labute approximate surface area is 320 Å². The topological polar surface area (TPSA) is 33.6 Å². The fraction of sp³-hybridized carbons (Fsp3) is 0.213. The van der Waals surface area contributed by atoms with Crippen molar-refractivity contribution in [2.75, 3.05) is 0 Å². The number of alkyl halides is 6. The van der Waals surface area contributed by atoms with E-state index in [1.807, 2.05) is 75.9 Å². The Morgan fingerprint density at radius 1 is 0.446 bits per heavy atom. The van der Waals surface area contributed by atoms with Gasteiger partial charge >= 0.3 is 12.4 Å². The van der Waals surface area contributed by atoms with Crippen LogP contribution < -0.4 is 0 Å². The lowest BCUT2D eigenvalue weighted by Crippen LogP contribution is -2.13. The van der Waals surface area contributed by atoms with E-state index >= 15 is 0 Å². The average Bonchev–Trinajstić information content (AvgIpc) is 3.65. The molecule has 0 fully saturated rings. The summed E-state index contributed by atoms with van der Waals surface area (Å²) in [5, 5.41) is 14.4. The zero-order valence-electron chi connectivity index (χ0n) is 31.6. The first kappa shape index (κ1) is 36.9. The fourth-order valence-electron chi connectivity index (χ4n) is 7.84. The molecule has 3 nitrogen and oxygen atoms in total. The summed E-state index contributed by atoms with van der Waals surface area (Å²) in [7, 11) is 0. The highest BCUT2D eigenvalue weighted by molar-refractivity contribution is 6.12. The standard InChI is InChI=1S/C47H37F6N3/c1-44(2,3)28-16-19-40-35(22-28)32-11-7-9-13-38(32)55(40)42-21-27(26-54)34(31-18-15-30(46(48,49)50)24-37(31)47(51,52)53)25-43(42)56-39-14-10-8-12-33(39)36-23-29(45(4,5)6)17-20-41(36)56/h7-25H,1-6H3. The molecule has 0 saturated carbocycles. The molecule has 0 aliphatic carbocycles. The average molecular weight is 758 g/mol. The van der Waals surface area contributed by atoms with Crippen molar-refractivity contribution in [3.8, 4) is 28.6 Å². The van der Waals surface area contributed by atoms with Crippen LogP contribution in [0.1, 0.15) is 69.4 Å². The van der Waals surface area contributed by atoms with Crippen LogP contribution >= 0.6 is 0 Å². The predicted octanol–water partition coefficient (Wildman–Crippen LogP) is 14.1. The number of nitrogens with zero attached hydrogens (tertiary/aromatic N) is 3. The third-order valence-corrected chi connectivity index (χ3v) is 10.7. The molecule has 8 rings (SSSR count). The predicted molar refractivity (Wildman–Crippen MR) is 213 cm³/mol. The summed E-state index contributed by atoms with van der Waals surface area (Å²) >= 11 is 0. The van der Waals surface area contributed by atoms with Gasteiger partial charge in [0.15, 0.2) is 0 Å². The van der Waals surface area contributed by atoms with Crippen LogP contribution in [0.3, 0.4) is 0 Å². The summed E-state index contributed by atoms with van der Waals surface area (Å²) in [6.45, 7) is 12.8. The lowest BCUT2D eigenvalue weighted by atomic mass is 9.86. The molecule has 8 aromatic rings. The molecular weight excluding hydrogens is 721 g/mol. The molecule has 9 heteroatoms. The van der Waals surface area contributed by atoms with Gasteiger partial charge < -0.3 is 9.13 Å². The van der Waals surface area contributed by atoms with E-state index in [1.165, 1.54) is 6.07 Å². The van der Waals surface area contributed by atoms with Crippen LogP contribution in [0.4, 0.5) is 26.3 Å². The summed E-state index contributed by atoms with van der Waals surface area (Å²) < 4.78 is 89.8. The van der Waals surface area contributed by atoms with Crippen LogP contribution in [-0.4, -0.2) is 9.13 Å². The molecule has 0 amide bonds. The minimum absolute atomic E-state index is 0.123. The van der Waals surface area contributed by atoms with Gasteiger partial charge in [-0.05, 0) is 88.2 Å². The van der Waals surface area contributed by atoms with Gasteiger partial charge in [0.05, 0.1) is 56.2 Å². The Morgan fingerprint density at radius 2 is 0.893 bits per heavy atom. The molecule has 0 unspecified atom stereocenters. The molecule has 282 valence electrons. The summed E-state index contributed by atoms with van der Waals surface area (Å²) in [5.74, 6) is 0. The van der Waals surface area contributed by atoms with Crippen molar-refractivity contribution in [3.63, 3.8) is 0 Å². The van der Waals surface area contributed by atoms with Gasteiger partial charge in [0.25, 0.3) is 0 Å². The van der Waals surface area contributed by atoms with E-state index in [9.17, 15) is 31.6 Å². The molecule has 0 bridgehead atoms. The van der Waals surface area contributed by atoms with Crippen molar-refractivity contribution in [1.82, 2.24) is 9.13 Å². The lowest BCUT2D eigenvalue weighted by molar-refractivity contribution is -0.142. The second kappa shape index (κ2) is 12.5. The number of aromatic nitrogens is 2. The third-order valence-electron chi connectivity index (χ3n) is 10.7. The van der Waals surface area contributed by atoms with Gasteiger partial charge in [-0.25, -0.2) is 0 Å². The van der Waals surface area contributed by atoms with Gasteiger partial charge in [-0.15, -0.1) is 0 Å². The van der Waals surface area contributed by atoms with Crippen molar-refractivity contribution < 1.29 is 26.3 Å². The molecule has 0 saturated heterocycles. The first-order chi connectivity index (χ1) is 26.3. The fourth-order valence-corrected chi connectivity index (χ4v) is 7.84. The Morgan fingerprint density at radius 3 is 1.34 bits per heavy atom. The third kappa shape index (κ3) is 5.99. The molecule has 56 heavy (non-hydrogen) atoms. The number of fused-ring (bicyclic) bond motifs is 6. The van der Waals surface area contributed by atoms with Crippen LogP contribution in [0, 0.1) is 11.3 Å². The molecule has 0 atom stereocenters. The van der Waals surface area contributed by atoms with E-state index in [2.05, 4.69) is 65.8 Å². The molecule has 0 aliphatic heterocycles. The Balaban J connectivity index is 1.56. The van der Waals surface area contributed by atoms with E-state index in [0.717, 1.165) is 60.8 Å². The number of benzene rings is 6. The van der Waals surface area contributed by atoms with Gasteiger partial charge in [0, 0.05) is 27.1 Å². The maximum Gasteiger partial charge on any atom is 0.417 e. The molecule has 0 spiro atoms. The van der Waals surface area contributed by atoms with E-state index in [1.54, 1.807) is 6.07 Å². The van der Waals surface area contributed by atoms with Crippen LogP contribution in [0.25, 0.3) is 66.1 Å².